The maximum absolute atomic E-state index is 7.33. The molecule has 0 amide bonds. The molecule has 0 aliphatic heterocycles. The van der Waals surface area contributed by atoms with Gasteiger partial charge in [0.2, 0.25) is 0 Å². The number of rotatable bonds is 1. The van der Waals surface area contributed by atoms with Crippen molar-refractivity contribution in [2.75, 3.05) is 5.73 Å². The molecule has 0 aromatic carbocycles. The highest BCUT2D eigenvalue weighted by Gasteiger charge is 1.91. The number of nitrogen functional groups attached to an aromatic ring is 1. The normalized spacial score (nSPS) is 22.2. The van der Waals surface area contributed by atoms with E-state index in [0.29, 0.717) is 0 Å². The highest BCUT2D eigenvalue weighted by Crippen LogP contribution is 2.10. The summed E-state index contributed by atoms with van der Waals surface area (Å²) < 4.78 is 35.6. The Morgan fingerprint density at radius 2 is 3.12 bits per heavy atom. The van der Waals surface area contributed by atoms with Crippen molar-refractivity contribution in [2.45, 2.75) is 13.2 Å². The lowest BCUT2D eigenvalue weighted by molar-refractivity contribution is 1.10. The van der Waals surface area contributed by atoms with Crippen molar-refractivity contribution >= 4 is 17.2 Å². The van der Waals surface area contributed by atoms with E-state index in [4.69, 9.17) is 12.6 Å². The van der Waals surface area contributed by atoms with Crippen LogP contribution in [0.4, 0.5) is 5.82 Å². The molecule has 0 atom stereocenters. The maximum Gasteiger partial charge on any atom is 0.134 e. The number of hydrogen-bond donors (Lipinski definition) is 1. The molecule has 0 aliphatic rings. The van der Waals surface area contributed by atoms with Gasteiger partial charge in [-0.15, -0.1) is 11.3 Å². The van der Waals surface area contributed by atoms with Crippen molar-refractivity contribution in [1.82, 2.24) is 4.98 Å². The first-order chi connectivity index (χ1) is 5.75. The molecule has 1 heterocycles. The van der Waals surface area contributed by atoms with Gasteiger partial charge in [-0.1, -0.05) is 6.85 Å². The van der Waals surface area contributed by atoms with Crippen LogP contribution in [0.2, 0.25) is 0 Å². The van der Waals surface area contributed by atoms with Gasteiger partial charge in [-0.05, 0) is 6.37 Å². The lowest BCUT2D eigenvalue weighted by atomic mass is 10.5. The van der Waals surface area contributed by atoms with Crippen molar-refractivity contribution in [3.63, 3.8) is 0 Å². The molecule has 0 aliphatic carbocycles. The number of nitrogens with zero attached hydrogens (tertiary/aromatic N) is 1. The molecule has 3 heteroatoms. The zero-order valence-corrected chi connectivity index (χ0v) is 4.83. The van der Waals surface area contributed by atoms with Crippen molar-refractivity contribution in [2.24, 2.45) is 0 Å². The molecular weight excluding hydrogens is 120 g/mol. The number of nitrogens with two attached hydrogens (primary N) is 1. The Morgan fingerprint density at radius 3 is 3.62 bits per heavy atom. The van der Waals surface area contributed by atoms with Gasteiger partial charge >= 0.3 is 0 Å². The highest BCUT2D eigenvalue weighted by molar-refractivity contribution is 7.09. The molecule has 0 spiro atoms. The topological polar surface area (TPSA) is 38.9 Å². The molecule has 0 fully saturated rings. The zero-order chi connectivity index (χ0) is 10.3. The molecule has 8 heavy (non-hydrogen) atoms. The Kier molecular flexibility index (Phi) is 0.530. The molecule has 1 aromatic rings. The van der Waals surface area contributed by atoms with E-state index in [9.17, 15) is 0 Å². The second-order valence-corrected chi connectivity index (χ2v) is 2.06. The minimum absolute atomic E-state index is 0.106. The summed E-state index contributed by atoms with van der Waals surface area (Å²) in [4.78, 5) is 3.61. The van der Waals surface area contributed by atoms with Gasteiger partial charge in [0.1, 0.15) is 5.82 Å². The van der Waals surface area contributed by atoms with Gasteiger partial charge in [0.25, 0.3) is 0 Å². The fourth-order valence-corrected chi connectivity index (χ4v) is 0.846. The third kappa shape index (κ3) is 0.980. The average molecular weight is 133 g/mol. The molecule has 2 nitrogen and oxygen atoms in total. The summed E-state index contributed by atoms with van der Waals surface area (Å²) in [6, 6.07) is 0. The van der Waals surface area contributed by atoms with E-state index < -0.39 is 13.2 Å². The predicted octanol–water partition coefficient (Wildman–Crippen LogP) is 1.29. The van der Waals surface area contributed by atoms with E-state index in [1.54, 1.807) is 0 Å². The standard InChI is InChI=1S/C5H8N2S/c1-2-5-7-4(6)3-8-5/h3H,2,6H2,1H3/i1D3,2D2. The SMILES string of the molecule is [2H]C([2H])([2H])C([2H])([2H])c1nc(N)cs1. The van der Waals surface area contributed by atoms with Gasteiger partial charge in [-0.3, -0.25) is 0 Å². The number of hydrogen-bond acceptors (Lipinski definition) is 3. The van der Waals surface area contributed by atoms with E-state index in [1.807, 2.05) is 0 Å². The van der Waals surface area contributed by atoms with Gasteiger partial charge < -0.3 is 5.73 Å². The van der Waals surface area contributed by atoms with E-state index >= 15 is 0 Å². The lowest BCUT2D eigenvalue weighted by Gasteiger charge is -1.79. The third-order valence-corrected chi connectivity index (χ3v) is 1.40. The zero-order valence-electron chi connectivity index (χ0n) is 9.01. The summed E-state index contributed by atoms with van der Waals surface area (Å²) in [7, 11) is 0. The second kappa shape index (κ2) is 2.13. The first-order valence-corrected chi connectivity index (χ1v) is 2.84. The van der Waals surface area contributed by atoms with Crippen LogP contribution in [0.15, 0.2) is 5.38 Å². The van der Waals surface area contributed by atoms with Gasteiger partial charge in [0.15, 0.2) is 0 Å². The Balaban J connectivity index is 3.07. The fraction of sp³-hybridized carbons (Fsp3) is 0.400. The van der Waals surface area contributed by atoms with Crippen LogP contribution in [0.5, 0.6) is 0 Å². The van der Waals surface area contributed by atoms with Crippen molar-refractivity contribution in [3.05, 3.63) is 10.4 Å². The van der Waals surface area contributed by atoms with Crippen LogP contribution in [-0.2, 0) is 6.37 Å². The summed E-state index contributed by atoms with van der Waals surface area (Å²) in [5, 5.41) is 1.31. The van der Waals surface area contributed by atoms with Crippen molar-refractivity contribution in [3.8, 4) is 0 Å². The number of aryl methyl sites for hydroxylation is 1. The predicted molar refractivity (Wildman–Crippen MR) is 35.9 cm³/mol. The molecule has 0 bridgehead atoms. The van der Waals surface area contributed by atoms with Crippen LogP contribution >= 0.6 is 11.3 Å². The Morgan fingerprint density at radius 1 is 2.25 bits per heavy atom. The largest absolute Gasteiger partial charge is 0.383 e. The van der Waals surface area contributed by atoms with Gasteiger partial charge in [-0.25, -0.2) is 4.98 Å². The average Bonchev–Trinajstić information content (AvgIpc) is 2.33. The van der Waals surface area contributed by atoms with Crippen LogP contribution in [0.25, 0.3) is 0 Å². The number of anilines is 1. The Labute approximate surface area is 59.4 Å². The summed E-state index contributed by atoms with van der Waals surface area (Å²) in [6.45, 7) is -2.71. The molecule has 1 aromatic heterocycles. The third-order valence-electron chi connectivity index (χ3n) is 0.629. The highest BCUT2D eigenvalue weighted by atomic mass is 32.1. The molecule has 0 unspecified atom stereocenters. The maximum atomic E-state index is 7.33. The van der Waals surface area contributed by atoms with Crippen LogP contribution in [0.1, 0.15) is 18.7 Å². The Bertz CT molecular complexity index is 304. The molecule has 1 rings (SSSR count). The van der Waals surface area contributed by atoms with E-state index in [1.165, 1.54) is 5.38 Å². The smallest absolute Gasteiger partial charge is 0.134 e. The molecule has 44 valence electrons. The first kappa shape index (κ1) is 1.99. The number of thiazole rings is 1. The first-order valence-electron chi connectivity index (χ1n) is 4.46. The minimum atomic E-state index is -2.71. The monoisotopic (exact) mass is 133 g/mol. The lowest BCUT2D eigenvalue weighted by Crippen LogP contribution is -1.83. The van der Waals surface area contributed by atoms with Gasteiger partial charge in [0.05, 0.1) is 5.01 Å². The van der Waals surface area contributed by atoms with Crippen LogP contribution < -0.4 is 5.73 Å². The van der Waals surface area contributed by atoms with E-state index in [2.05, 4.69) is 4.98 Å². The van der Waals surface area contributed by atoms with Gasteiger partial charge in [0, 0.05) is 12.2 Å². The molecule has 0 saturated carbocycles. The number of aromatic nitrogens is 1. The van der Waals surface area contributed by atoms with Crippen LogP contribution in [0, 0.1) is 0 Å². The summed E-state index contributed by atoms with van der Waals surface area (Å²) in [5.74, 6) is 0.146. The van der Waals surface area contributed by atoms with Crippen LogP contribution in [0.3, 0.4) is 0 Å². The second-order valence-electron chi connectivity index (χ2n) is 1.20. The molecule has 2 N–H and O–H groups in total. The summed E-state index contributed by atoms with van der Waals surface area (Å²) >= 11 is 0.912. The molecule has 0 saturated heterocycles. The van der Waals surface area contributed by atoms with Crippen molar-refractivity contribution in [1.29, 1.82) is 0 Å². The van der Waals surface area contributed by atoms with E-state index in [0.717, 1.165) is 11.3 Å². The molecular formula is C5H8N2S. The fourth-order valence-electron chi connectivity index (χ4n) is 0.344. The Hall–Kier alpha value is -0.570. The summed E-state index contributed by atoms with van der Waals surface area (Å²) in [6.07, 6.45) is -2.42. The minimum Gasteiger partial charge on any atom is -0.383 e. The molecule has 0 radical (unpaired) electrons. The van der Waals surface area contributed by atoms with Gasteiger partial charge in [-0.2, -0.15) is 0 Å². The summed E-state index contributed by atoms with van der Waals surface area (Å²) in [5.41, 5.74) is 5.27. The van der Waals surface area contributed by atoms with Crippen LogP contribution in [-0.4, -0.2) is 4.98 Å². The quantitative estimate of drug-likeness (QED) is 0.627. The van der Waals surface area contributed by atoms with Crippen molar-refractivity contribution < 1.29 is 6.85 Å². The van der Waals surface area contributed by atoms with E-state index in [-0.39, 0.29) is 10.8 Å².